The van der Waals surface area contributed by atoms with E-state index in [1.807, 2.05) is 12.1 Å². The zero-order valence-corrected chi connectivity index (χ0v) is 9.77. The highest BCUT2D eigenvalue weighted by Crippen LogP contribution is 2.26. The molecule has 0 bridgehead atoms. The van der Waals surface area contributed by atoms with Crippen LogP contribution in [0.4, 0.5) is 10.1 Å². The third kappa shape index (κ3) is 2.83. The molecule has 0 aromatic heterocycles. The molecule has 1 aromatic carbocycles. The van der Waals surface area contributed by atoms with Gasteiger partial charge in [-0.2, -0.15) is 0 Å². The lowest BCUT2D eigenvalue weighted by molar-refractivity contribution is 0.274. The fraction of sp³-hybridized carbons (Fsp3) is 0.455. The minimum absolute atomic E-state index is 0. The first-order valence-electron chi connectivity index (χ1n) is 4.78. The number of hydrogen-bond acceptors (Lipinski definition) is 2. The van der Waals surface area contributed by atoms with Crippen LogP contribution in [0.3, 0.4) is 0 Å². The van der Waals surface area contributed by atoms with Crippen molar-refractivity contribution >= 4 is 18.1 Å². The molecule has 2 nitrogen and oxygen atoms in total. The van der Waals surface area contributed by atoms with E-state index in [1.54, 1.807) is 0 Å². The van der Waals surface area contributed by atoms with E-state index in [0.717, 1.165) is 6.42 Å². The van der Waals surface area contributed by atoms with Crippen molar-refractivity contribution in [1.29, 1.82) is 0 Å². The van der Waals surface area contributed by atoms with Crippen LogP contribution >= 0.6 is 12.4 Å². The summed E-state index contributed by atoms with van der Waals surface area (Å²) in [5, 5.41) is 0. The van der Waals surface area contributed by atoms with Crippen molar-refractivity contribution in [2.24, 2.45) is 0 Å². The number of para-hydroxylation sites is 1. The molecule has 0 atom stereocenters. The van der Waals surface area contributed by atoms with Gasteiger partial charge in [-0.3, -0.25) is 0 Å². The van der Waals surface area contributed by atoms with Crippen molar-refractivity contribution in [2.75, 3.05) is 18.0 Å². The molecule has 1 aliphatic rings. The summed E-state index contributed by atoms with van der Waals surface area (Å²) in [6, 6.07) is 8.24. The Morgan fingerprint density at radius 1 is 1.33 bits per heavy atom. The number of halogens is 2. The molecule has 2 rings (SSSR count). The van der Waals surface area contributed by atoms with Gasteiger partial charge < -0.3 is 11.1 Å². The van der Waals surface area contributed by atoms with E-state index in [2.05, 4.69) is 24.0 Å². The minimum Gasteiger partial charge on any atom is -0.365 e. The first-order valence-corrected chi connectivity index (χ1v) is 4.78. The van der Waals surface area contributed by atoms with Crippen LogP contribution in [0.1, 0.15) is 12.5 Å². The largest absolute Gasteiger partial charge is 0.365 e. The molecule has 0 aliphatic carbocycles. The Balaban J connectivity index is 0.000000980. The molecule has 1 fully saturated rings. The van der Waals surface area contributed by atoms with Crippen molar-refractivity contribution in [3.63, 3.8) is 0 Å². The molecule has 15 heavy (non-hydrogen) atoms. The summed E-state index contributed by atoms with van der Waals surface area (Å²) in [4.78, 5) is 2.10. The van der Waals surface area contributed by atoms with Crippen LogP contribution in [0.15, 0.2) is 24.3 Å². The topological polar surface area (TPSA) is 38.2 Å². The molecule has 1 heterocycles. The summed E-state index contributed by atoms with van der Waals surface area (Å²) in [7, 11) is 0. The van der Waals surface area contributed by atoms with Gasteiger partial charge in [-0.05, 0) is 18.1 Å². The Kier molecular flexibility index (Phi) is 5.61. The Bertz CT molecular complexity index is 300. The van der Waals surface area contributed by atoms with E-state index < -0.39 is 6.17 Å². The second kappa shape index (κ2) is 5.93. The van der Waals surface area contributed by atoms with Gasteiger partial charge in [-0.15, -0.1) is 12.4 Å². The lowest BCUT2D eigenvalue weighted by Crippen LogP contribution is -2.48. The molecule has 1 aliphatic heterocycles. The lowest BCUT2D eigenvalue weighted by Gasteiger charge is -2.37. The van der Waals surface area contributed by atoms with E-state index in [-0.39, 0.29) is 18.6 Å². The zero-order chi connectivity index (χ0) is 9.26. The Hall–Kier alpha value is -0.800. The highest BCUT2D eigenvalue weighted by Gasteiger charge is 2.27. The molecule has 0 unspecified atom stereocenters. The number of benzene rings is 1. The van der Waals surface area contributed by atoms with E-state index in [9.17, 15) is 4.39 Å². The number of anilines is 1. The number of rotatable bonds is 2. The van der Waals surface area contributed by atoms with Crippen molar-refractivity contribution in [3.05, 3.63) is 29.8 Å². The highest BCUT2D eigenvalue weighted by atomic mass is 35.5. The summed E-state index contributed by atoms with van der Waals surface area (Å²) in [6.45, 7) is 3.26. The van der Waals surface area contributed by atoms with Gasteiger partial charge >= 0.3 is 0 Å². The summed E-state index contributed by atoms with van der Waals surface area (Å²) in [6.07, 6.45) is 0.397. The molecule has 0 saturated carbocycles. The van der Waals surface area contributed by atoms with E-state index in [4.69, 9.17) is 0 Å². The van der Waals surface area contributed by atoms with Gasteiger partial charge in [-0.1, -0.05) is 25.1 Å². The van der Waals surface area contributed by atoms with Crippen LogP contribution in [0.25, 0.3) is 0 Å². The van der Waals surface area contributed by atoms with E-state index in [1.165, 1.54) is 11.3 Å². The average molecular weight is 233 g/mol. The summed E-state index contributed by atoms with van der Waals surface area (Å²) >= 11 is 0. The molecule has 0 amide bonds. The normalized spacial score (nSPS) is 14.9. The predicted octanol–water partition coefficient (Wildman–Crippen LogP) is 2.99. The molecule has 0 radical (unpaired) electrons. The van der Waals surface area contributed by atoms with Gasteiger partial charge in [-0.25, -0.2) is 4.39 Å². The standard InChI is InChI=1S/C11H14FN.ClH.H3N/c1-2-9-5-3-4-6-11(9)13-7-10(12)8-13;;/h3-6,10H,2,7-8H2,1H3;1H;1H3. The molecule has 0 spiro atoms. The number of nitrogens with zero attached hydrogens (tertiary/aromatic N) is 1. The maximum absolute atomic E-state index is 12.6. The Morgan fingerprint density at radius 2 is 1.93 bits per heavy atom. The first kappa shape index (κ1) is 14.2. The lowest BCUT2D eigenvalue weighted by atomic mass is 10.1. The van der Waals surface area contributed by atoms with Crippen LogP contribution in [0, 0.1) is 0 Å². The number of aryl methyl sites for hydroxylation is 1. The number of alkyl halides is 1. The van der Waals surface area contributed by atoms with Crippen molar-refractivity contribution < 1.29 is 4.39 Å². The van der Waals surface area contributed by atoms with Crippen LogP contribution in [-0.2, 0) is 6.42 Å². The SMILES string of the molecule is CCc1ccccc1N1CC(F)C1.Cl.N. The number of hydrogen-bond donors (Lipinski definition) is 1. The summed E-state index contributed by atoms with van der Waals surface area (Å²) in [5.41, 5.74) is 2.52. The molecule has 1 saturated heterocycles. The molecule has 1 aromatic rings. The van der Waals surface area contributed by atoms with Crippen LogP contribution < -0.4 is 11.1 Å². The predicted molar refractivity (Wildman–Crippen MR) is 65.2 cm³/mol. The molecular weight excluding hydrogens is 215 g/mol. The Labute approximate surface area is 96.5 Å². The first-order chi connectivity index (χ1) is 6.31. The summed E-state index contributed by atoms with van der Waals surface area (Å²) in [5.74, 6) is 0. The molecule has 3 N–H and O–H groups in total. The maximum Gasteiger partial charge on any atom is 0.135 e. The highest BCUT2D eigenvalue weighted by molar-refractivity contribution is 5.85. The Morgan fingerprint density at radius 3 is 2.47 bits per heavy atom. The maximum atomic E-state index is 12.6. The van der Waals surface area contributed by atoms with Gasteiger partial charge in [0.15, 0.2) is 0 Å². The summed E-state index contributed by atoms with van der Waals surface area (Å²) < 4.78 is 12.6. The fourth-order valence-corrected chi connectivity index (χ4v) is 1.74. The second-order valence-corrected chi connectivity index (χ2v) is 3.48. The quantitative estimate of drug-likeness (QED) is 0.852. The zero-order valence-electron chi connectivity index (χ0n) is 8.95. The molecular formula is C11H18ClFN2. The third-order valence-corrected chi connectivity index (χ3v) is 2.55. The van der Waals surface area contributed by atoms with Gasteiger partial charge in [0.25, 0.3) is 0 Å². The van der Waals surface area contributed by atoms with E-state index in [0.29, 0.717) is 13.1 Å². The van der Waals surface area contributed by atoms with Crippen LogP contribution in [-0.4, -0.2) is 19.3 Å². The van der Waals surface area contributed by atoms with Gasteiger partial charge in [0, 0.05) is 5.69 Å². The van der Waals surface area contributed by atoms with Gasteiger partial charge in [0.05, 0.1) is 13.1 Å². The van der Waals surface area contributed by atoms with Crippen LogP contribution in [0.5, 0.6) is 0 Å². The monoisotopic (exact) mass is 232 g/mol. The molecule has 86 valence electrons. The third-order valence-electron chi connectivity index (χ3n) is 2.55. The van der Waals surface area contributed by atoms with E-state index >= 15 is 0 Å². The van der Waals surface area contributed by atoms with Gasteiger partial charge in [0.2, 0.25) is 0 Å². The van der Waals surface area contributed by atoms with Crippen LogP contribution in [0.2, 0.25) is 0 Å². The van der Waals surface area contributed by atoms with Crippen molar-refractivity contribution in [2.45, 2.75) is 19.5 Å². The molecule has 4 heteroatoms. The second-order valence-electron chi connectivity index (χ2n) is 3.48. The fourth-order valence-electron chi connectivity index (χ4n) is 1.74. The van der Waals surface area contributed by atoms with Crippen molar-refractivity contribution in [3.8, 4) is 0 Å². The smallest absolute Gasteiger partial charge is 0.135 e. The average Bonchev–Trinajstić information content (AvgIpc) is 2.13. The van der Waals surface area contributed by atoms with Crippen molar-refractivity contribution in [1.82, 2.24) is 6.15 Å². The minimum atomic E-state index is -0.620. The van der Waals surface area contributed by atoms with Gasteiger partial charge in [0.1, 0.15) is 6.17 Å².